The molecule has 2 aromatic carbocycles. The Bertz CT molecular complexity index is 575. The zero-order chi connectivity index (χ0) is 14.7. The lowest BCUT2D eigenvalue weighted by Gasteiger charge is -2.23. The Morgan fingerprint density at radius 1 is 0.952 bits per heavy atom. The number of rotatable bonds is 6. The van der Waals surface area contributed by atoms with E-state index in [1.54, 1.807) is 0 Å². The number of hydrogen-bond donors (Lipinski definition) is 1. The molecule has 0 spiro atoms. The first-order chi connectivity index (χ1) is 10.2. The highest BCUT2D eigenvalue weighted by molar-refractivity contribution is 5.57. The fourth-order valence-corrected chi connectivity index (χ4v) is 2.67. The van der Waals surface area contributed by atoms with Crippen LogP contribution in [0.2, 0.25) is 0 Å². The zero-order valence-electron chi connectivity index (χ0n) is 12.8. The molecule has 0 aliphatic heterocycles. The van der Waals surface area contributed by atoms with E-state index in [4.69, 9.17) is 4.74 Å². The minimum absolute atomic E-state index is 0.184. The van der Waals surface area contributed by atoms with Gasteiger partial charge in [0.05, 0.1) is 17.8 Å². The smallest absolute Gasteiger partial charge is 0.142 e. The van der Waals surface area contributed by atoms with Gasteiger partial charge in [-0.25, -0.2) is 0 Å². The Hall–Kier alpha value is -1.96. The molecular formula is C19H23NO. The van der Waals surface area contributed by atoms with Crippen molar-refractivity contribution in [2.45, 2.75) is 38.8 Å². The molecule has 1 aliphatic carbocycles. The Kier molecular flexibility index (Phi) is 4.14. The SMILES string of the molecule is CC(C)Oc1ccccc1NC(c1ccccc1)C1CC1. The minimum atomic E-state index is 0.184. The van der Waals surface area contributed by atoms with Crippen molar-refractivity contribution in [3.63, 3.8) is 0 Å². The average Bonchev–Trinajstić information content (AvgIpc) is 3.31. The van der Waals surface area contributed by atoms with Crippen LogP contribution < -0.4 is 10.1 Å². The molecule has 110 valence electrons. The van der Waals surface area contributed by atoms with E-state index in [1.807, 2.05) is 12.1 Å². The second kappa shape index (κ2) is 6.21. The fourth-order valence-electron chi connectivity index (χ4n) is 2.67. The van der Waals surface area contributed by atoms with Gasteiger partial charge in [-0.1, -0.05) is 42.5 Å². The Morgan fingerprint density at radius 3 is 2.29 bits per heavy atom. The maximum Gasteiger partial charge on any atom is 0.142 e. The molecule has 2 nitrogen and oxygen atoms in total. The molecule has 1 atom stereocenters. The molecule has 21 heavy (non-hydrogen) atoms. The molecule has 2 heteroatoms. The third kappa shape index (κ3) is 3.57. The van der Waals surface area contributed by atoms with Crippen LogP contribution in [-0.2, 0) is 0 Å². The van der Waals surface area contributed by atoms with Gasteiger partial charge in [-0.15, -0.1) is 0 Å². The maximum atomic E-state index is 5.92. The molecule has 3 rings (SSSR count). The van der Waals surface area contributed by atoms with E-state index < -0.39 is 0 Å². The van der Waals surface area contributed by atoms with Crippen molar-refractivity contribution in [1.29, 1.82) is 0 Å². The van der Waals surface area contributed by atoms with Crippen LogP contribution >= 0.6 is 0 Å². The molecule has 1 aliphatic rings. The quantitative estimate of drug-likeness (QED) is 0.801. The molecule has 0 amide bonds. The Labute approximate surface area is 127 Å². The van der Waals surface area contributed by atoms with Gasteiger partial charge in [0.1, 0.15) is 5.75 Å². The van der Waals surface area contributed by atoms with E-state index in [1.165, 1.54) is 18.4 Å². The van der Waals surface area contributed by atoms with Gasteiger partial charge in [0.15, 0.2) is 0 Å². The van der Waals surface area contributed by atoms with Crippen LogP contribution in [0.5, 0.6) is 5.75 Å². The van der Waals surface area contributed by atoms with E-state index in [0.29, 0.717) is 6.04 Å². The summed E-state index contributed by atoms with van der Waals surface area (Å²) in [4.78, 5) is 0. The summed E-state index contributed by atoms with van der Waals surface area (Å²) in [6.45, 7) is 4.12. The first-order valence-corrected chi connectivity index (χ1v) is 7.81. The van der Waals surface area contributed by atoms with Crippen molar-refractivity contribution in [2.24, 2.45) is 5.92 Å². The maximum absolute atomic E-state index is 5.92. The van der Waals surface area contributed by atoms with E-state index in [2.05, 4.69) is 61.6 Å². The van der Waals surface area contributed by atoms with E-state index in [9.17, 15) is 0 Å². The van der Waals surface area contributed by atoms with Gasteiger partial charge in [-0.2, -0.15) is 0 Å². The van der Waals surface area contributed by atoms with Gasteiger partial charge >= 0.3 is 0 Å². The van der Waals surface area contributed by atoms with Gasteiger partial charge in [-0.3, -0.25) is 0 Å². The molecular weight excluding hydrogens is 258 g/mol. The lowest BCUT2D eigenvalue weighted by molar-refractivity contribution is 0.243. The summed E-state index contributed by atoms with van der Waals surface area (Å²) in [6, 6.07) is 19.3. The van der Waals surface area contributed by atoms with Crippen LogP contribution in [0.25, 0.3) is 0 Å². The monoisotopic (exact) mass is 281 g/mol. The van der Waals surface area contributed by atoms with Gasteiger partial charge in [0, 0.05) is 0 Å². The number of anilines is 1. The van der Waals surface area contributed by atoms with Crippen molar-refractivity contribution in [3.8, 4) is 5.75 Å². The molecule has 1 N–H and O–H groups in total. The molecule has 0 aromatic heterocycles. The number of nitrogens with one attached hydrogen (secondary N) is 1. The van der Waals surface area contributed by atoms with Gasteiger partial charge in [0.2, 0.25) is 0 Å². The van der Waals surface area contributed by atoms with Crippen LogP contribution in [-0.4, -0.2) is 6.10 Å². The summed E-state index contributed by atoms with van der Waals surface area (Å²) < 4.78 is 5.92. The summed E-state index contributed by atoms with van der Waals surface area (Å²) in [5, 5.41) is 3.71. The number of hydrogen-bond acceptors (Lipinski definition) is 2. The predicted molar refractivity (Wildman–Crippen MR) is 87.7 cm³/mol. The summed E-state index contributed by atoms with van der Waals surface area (Å²) in [7, 11) is 0. The second-order valence-electron chi connectivity index (χ2n) is 6.03. The summed E-state index contributed by atoms with van der Waals surface area (Å²) in [5.74, 6) is 1.67. The first kappa shape index (κ1) is 14.0. The topological polar surface area (TPSA) is 21.3 Å². The number of ether oxygens (including phenoxy) is 1. The van der Waals surface area contributed by atoms with Crippen LogP contribution in [0, 0.1) is 5.92 Å². The normalized spacial score (nSPS) is 15.8. The van der Waals surface area contributed by atoms with Crippen LogP contribution in [0.1, 0.15) is 38.3 Å². The first-order valence-electron chi connectivity index (χ1n) is 7.81. The lowest BCUT2D eigenvalue weighted by atomic mass is 10.0. The summed E-state index contributed by atoms with van der Waals surface area (Å²) >= 11 is 0. The molecule has 1 fully saturated rings. The van der Waals surface area contributed by atoms with Crippen LogP contribution in [0.15, 0.2) is 54.6 Å². The van der Waals surface area contributed by atoms with E-state index >= 15 is 0 Å². The van der Waals surface area contributed by atoms with Crippen molar-refractivity contribution in [1.82, 2.24) is 0 Å². The second-order valence-corrected chi connectivity index (χ2v) is 6.03. The molecule has 0 bridgehead atoms. The molecule has 0 radical (unpaired) electrons. The number of benzene rings is 2. The molecule has 2 aromatic rings. The fraction of sp³-hybridized carbons (Fsp3) is 0.368. The Balaban J connectivity index is 1.84. The van der Waals surface area contributed by atoms with Gasteiger partial charge in [0.25, 0.3) is 0 Å². The zero-order valence-corrected chi connectivity index (χ0v) is 12.8. The van der Waals surface area contributed by atoms with Crippen molar-refractivity contribution >= 4 is 5.69 Å². The van der Waals surface area contributed by atoms with Crippen molar-refractivity contribution in [2.75, 3.05) is 5.32 Å². The van der Waals surface area contributed by atoms with Crippen LogP contribution in [0.4, 0.5) is 5.69 Å². The summed E-state index contributed by atoms with van der Waals surface area (Å²) in [5.41, 5.74) is 2.45. The lowest BCUT2D eigenvalue weighted by Crippen LogP contribution is -2.15. The van der Waals surface area contributed by atoms with Gasteiger partial charge < -0.3 is 10.1 Å². The minimum Gasteiger partial charge on any atom is -0.489 e. The van der Waals surface area contributed by atoms with Crippen molar-refractivity contribution < 1.29 is 4.74 Å². The third-order valence-corrected chi connectivity index (χ3v) is 3.81. The highest BCUT2D eigenvalue weighted by atomic mass is 16.5. The van der Waals surface area contributed by atoms with E-state index in [-0.39, 0.29) is 6.10 Å². The highest BCUT2D eigenvalue weighted by Gasteiger charge is 2.32. The van der Waals surface area contributed by atoms with E-state index in [0.717, 1.165) is 17.4 Å². The molecule has 0 heterocycles. The standard InChI is InChI=1S/C19H23NO/c1-14(2)21-18-11-7-6-10-17(18)20-19(16-12-13-16)15-8-4-3-5-9-15/h3-11,14,16,19-20H,12-13H2,1-2H3. The predicted octanol–water partition coefficient (Wildman–Crippen LogP) is 5.04. The highest BCUT2D eigenvalue weighted by Crippen LogP contribution is 2.44. The molecule has 1 unspecified atom stereocenters. The average molecular weight is 281 g/mol. The summed E-state index contributed by atoms with van der Waals surface area (Å²) in [6.07, 6.45) is 2.79. The number of para-hydroxylation sites is 2. The molecule has 1 saturated carbocycles. The Morgan fingerprint density at radius 2 is 1.62 bits per heavy atom. The third-order valence-electron chi connectivity index (χ3n) is 3.81. The van der Waals surface area contributed by atoms with Crippen LogP contribution in [0.3, 0.4) is 0 Å². The van der Waals surface area contributed by atoms with Crippen molar-refractivity contribution in [3.05, 3.63) is 60.2 Å². The molecule has 0 saturated heterocycles. The van der Waals surface area contributed by atoms with Gasteiger partial charge in [-0.05, 0) is 50.3 Å². The largest absolute Gasteiger partial charge is 0.489 e.